The van der Waals surface area contributed by atoms with Crippen molar-refractivity contribution in [1.82, 2.24) is 15.1 Å². The van der Waals surface area contributed by atoms with Crippen molar-refractivity contribution in [3.8, 4) is 5.75 Å². The molecule has 1 aromatic carbocycles. The molecule has 8 nitrogen and oxygen atoms in total. The summed E-state index contributed by atoms with van der Waals surface area (Å²) in [6.07, 6.45) is 2.25. The number of benzene rings is 1. The SMILES string of the molecule is COC(=O)C1CCN(C(=NCC(=O)N(C)C)NCCc2ccc(OC)cc2)CC1. The van der Waals surface area contributed by atoms with Crippen LogP contribution in [0.3, 0.4) is 0 Å². The third kappa shape index (κ3) is 6.96. The van der Waals surface area contributed by atoms with Gasteiger partial charge in [-0.3, -0.25) is 9.59 Å². The molecule has 160 valence electrons. The lowest BCUT2D eigenvalue weighted by atomic mass is 9.97. The molecular formula is C21H32N4O4. The third-order valence-corrected chi connectivity index (χ3v) is 5.05. The maximum atomic E-state index is 12.0. The van der Waals surface area contributed by atoms with E-state index in [2.05, 4.69) is 15.2 Å². The Morgan fingerprint density at radius 3 is 2.38 bits per heavy atom. The van der Waals surface area contributed by atoms with Crippen molar-refractivity contribution in [1.29, 1.82) is 0 Å². The molecule has 29 heavy (non-hydrogen) atoms. The Kier molecular flexibility index (Phi) is 8.76. The molecule has 0 unspecified atom stereocenters. The molecule has 0 bridgehead atoms. The minimum absolute atomic E-state index is 0.0519. The molecule has 0 aliphatic carbocycles. The lowest BCUT2D eigenvalue weighted by molar-refractivity contribution is -0.146. The number of ether oxygens (including phenoxy) is 2. The number of carbonyl (C=O) groups is 2. The third-order valence-electron chi connectivity index (χ3n) is 5.05. The van der Waals surface area contributed by atoms with E-state index < -0.39 is 0 Å². The number of rotatable bonds is 7. The van der Waals surface area contributed by atoms with E-state index >= 15 is 0 Å². The standard InChI is InChI=1S/C21H32N4O4/c1-24(2)19(26)15-23-21(25-13-10-17(11-14-25)20(27)29-4)22-12-9-16-5-7-18(28-3)8-6-16/h5-8,17H,9-15H2,1-4H3,(H,22,23). The summed E-state index contributed by atoms with van der Waals surface area (Å²) in [5.74, 6) is 1.26. The van der Waals surface area contributed by atoms with Gasteiger partial charge in [-0.15, -0.1) is 0 Å². The van der Waals surface area contributed by atoms with Crippen molar-refractivity contribution in [2.45, 2.75) is 19.3 Å². The van der Waals surface area contributed by atoms with Crippen LogP contribution in [-0.2, 0) is 20.7 Å². The zero-order valence-electron chi connectivity index (χ0n) is 17.8. The number of hydrogen-bond donors (Lipinski definition) is 1. The summed E-state index contributed by atoms with van der Waals surface area (Å²) in [4.78, 5) is 31.9. The number of amides is 1. The predicted octanol–water partition coefficient (Wildman–Crippen LogP) is 1.16. The summed E-state index contributed by atoms with van der Waals surface area (Å²) < 4.78 is 10.0. The second kappa shape index (κ2) is 11.3. The first-order valence-electron chi connectivity index (χ1n) is 9.88. The summed E-state index contributed by atoms with van der Waals surface area (Å²) in [6, 6.07) is 7.96. The molecule has 1 fully saturated rings. The quantitative estimate of drug-likeness (QED) is 0.417. The van der Waals surface area contributed by atoms with Crippen LogP contribution in [0.25, 0.3) is 0 Å². The van der Waals surface area contributed by atoms with Gasteiger partial charge >= 0.3 is 5.97 Å². The highest BCUT2D eigenvalue weighted by molar-refractivity contribution is 5.85. The van der Waals surface area contributed by atoms with E-state index in [4.69, 9.17) is 9.47 Å². The minimum Gasteiger partial charge on any atom is -0.497 e. The van der Waals surface area contributed by atoms with E-state index in [1.165, 1.54) is 17.6 Å². The molecule has 1 aliphatic heterocycles. The van der Waals surface area contributed by atoms with Gasteiger partial charge in [-0.2, -0.15) is 0 Å². The number of nitrogens with zero attached hydrogens (tertiary/aromatic N) is 3. The fourth-order valence-corrected chi connectivity index (χ4v) is 3.16. The zero-order chi connectivity index (χ0) is 21.2. The molecule has 1 heterocycles. The van der Waals surface area contributed by atoms with Crippen molar-refractivity contribution in [2.75, 3.05) is 54.5 Å². The highest BCUT2D eigenvalue weighted by Crippen LogP contribution is 2.18. The number of likely N-dealkylation sites (N-methyl/N-ethyl adjacent to an activating group) is 1. The molecule has 1 saturated heterocycles. The molecule has 2 rings (SSSR count). The monoisotopic (exact) mass is 404 g/mol. The number of aliphatic imine (C=N–C) groups is 1. The molecule has 0 atom stereocenters. The zero-order valence-corrected chi connectivity index (χ0v) is 17.8. The average molecular weight is 405 g/mol. The topological polar surface area (TPSA) is 83.5 Å². The van der Waals surface area contributed by atoms with Gasteiger partial charge in [0.15, 0.2) is 5.96 Å². The van der Waals surface area contributed by atoms with Crippen molar-refractivity contribution in [3.05, 3.63) is 29.8 Å². The number of carbonyl (C=O) groups excluding carboxylic acids is 2. The predicted molar refractivity (Wildman–Crippen MR) is 112 cm³/mol. The van der Waals surface area contributed by atoms with E-state index in [-0.39, 0.29) is 24.3 Å². The van der Waals surface area contributed by atoms with Gasteiger partial charge in [0, 0.05) is 33.7 Å². The highest BCUT2D eigenvalue weighted by atomic mass is 16.5. The molecular weight excluding hydrogens is 372 g/mol. The lowest BCUT2D eigenvalue weighted by Crippen LogP contribution is -2.47. The number of guanidine groups is 1. The average Bonchev–Trinajstić information content (AvgIpc) is 2.75. The molecule has 1 amide bonds. The minimum atomic E-state index is -0.154. The molecule has 0 aromatic heterocycles. The van der Waals surface area contributed by atoms with Gasteiger partial charge in [0.05, 0.1) is 20.1 Å². The number of piperidine rings is 1. The van der Waals surface area contributed by atoms with E-state index in [0.717, 1.165) is 12.2 Å². The van der Waals surface area contributed by atoms with Crippen LogP contribution < -0.4 is 10.1 Å². The Labute approximate surface area is 172 Å². The van der Waals surface area contributed by atoms with Crippen LogP contribution in [-0.4, -0.2) is 82.1 Å². The van der Waals surface area contributed by atoms with Gasteiger partial charge < -0.3 is 24.6 Å². The van der Waals surface area contributed by atoms with Gasteiger partial charge in [0.2, 0.25) is 5.91 Å². The molecule has 0 spiro atoms. The van der Waals surface area contributed by atoms with Crippen LogP contribution in [0.2, 0.25) is 0 Å². The van der Waals surface area contributed by atoms with E-state index in [1.54, 1.807) is 21.2 Å². The Bertz CT molecular complexity index is 695. The Hall–Kier alpha value is -2.77. The highest BCUT2D eigenvalue weighted by Gasteiger charge is 2.27. The van der Waals surface area contributed by atoms with E-state index in [0.29, 0.717) is 38.4 Å². The number of likely N-dealkylation sites (tertiary alicyclic amines) is 1. The van der Waals surface area contributed by atoms with Crippen LogP contribution >= 0.6 is 0 Å². The number of hydrogen-bond acceptors (Lipinski definition) is 5. The van der Waals surface area contributed by atoms with Crippen LogP contribution in [0.4, 0.5) is 0 Å². The first kappa shape index (κ1) is 22.5. The largest absolute Gasteiger partial charge is 0.497 e. The lowest BCUT2D eigenvalue weighted by Gasteiger charge is -2.33. The van der Waals surface area contributed by atoms with Crippen LogP contribution in [0.5, 0.6) is 5.75 Å². The van der Waals surface area contributed by atoms with Gasteiger partial charge in [-0.25, -0.2) is 4.99 Å². The fourth-order valence-electron chi connectivity index (χ4n) is 3.16. The Morgan fingerprint density at radius 2 is 1.83 bits per heavy atom. The second-order valence-corrected chi connectivity index (χ2v) is 7.24. The summed E-state index contributed by atoms with van der Waals surface area (Å²) in [5.41, 5.74) is 1.19. The smallest absolute Gasteiger partial charge is 0.308 e. The molecule has 0 radical (unpaired) electrons. The van der Waals surface area contributed by atoms with Crippen molar-refractivity contribution in [2.24, 2.45) is 10.9 Å². The number of nitrogens with one attached hydrogen (secondary N) is 1. The van der Waals surface area contributed by atoms with E-state index in [1.807, 2.05) is 24.3 Å². The normalized spacial score (nSPS) is 15.0. The first-order chi connectivity index (χ1) is 13.9. The van der Waals surface area contributed by atoms with Crippen molar-refractivity contribution in [3.63, 3.8) is 0 Å². The maximum absolute atomic E-state index is 12.0. The van der Waals surface area contributed by atoms with Gasteiger partial charge in [0.1, 0.15) is 12.3 Å². The summed E-state index contributed by atoms with van der Waals surface area (Å²) in [6.45, 7) is 2.18. The fraction of sp³-hybridized carbons (Fsp3) is 0.571. The van der Waals surface area contributed by atoms with Gasteiger partial charge in [-0.1, -0.05) is 12.1 Å². The first-order valence-corrected chi connectivity index (χ1v) is 9.88. The second-order valence-electron chi connectivity index (χ2n) is 7.24. The number of esters is 1. The molecule has 8 heteroatoms. The molecule has 1 aromatic rings. The van der Waals surface area contributed by atoms with Crippen LogP contribution in [0, 0.1) is 5.92 Å². The van der Waals surface area contributed by atoms with Crippen LogP contribution in [0.1, 0.15) is 18.4 Å². The maximum Gasteiger partial charge on any atom is 0.308 e. The molecule has 0 saturated carbocycles. The Morgan fingerprint density at radius 1 is 1.17 bits per heavy atom. The summed E-state index contributed by atoms with van der Waals surface area (Å²) >= 11 is 0. The summed E-state index contributed by atoms with van der Waals surface area (Å²) in [5, 5.41) is 3.38. The summed E-state index contributed by atoms with van der Waals surface area (Å²) in [7, 11) is 6.51. The molecule has 1 aliphatic rings. The van der Waals surface area contributed by atoms with Crippen molar-refractivity contribution >= 4 is 17.8 Å². The van der Waals surface area contributed by atoms with E-state index in [9.17, 15) is 9.59 Å². The Balaban J connectivity index is 1.96. The molecule has 1 N–H and O–H groups in total. The van der Waals surface area contributed by atoms with Crippen molar-refractivity contribution < 1.29 is 19.1 Å². The van der Waals surface area contributed by atoms with Gasteiger partial charge in [-0.05, 0) is 37.0 Å². The van der Waals surface area contributed by atoms with Crippen LogP contribution in [0.15, 0.2) is 29.3 Å². The number of methoxy groups -OCH3 is 2. The van der Waals surface area contributed by atoms with Gasteiger partial charge in [0.25, 0.3) is 0 Å².